The van der Waals surface area contributed by atoms with Gasteiger partial charge in [0, 0.05) is 0 Å². The number of ether oxygens (including phenoxy) is 3. The summed E-state index contributed by atoms with van der Waals surface area (Å²) in [5.41, 5.74) is 6.51. The van der Waals surface area contributed by atoms with E-state index in [-0.39, 0.29) is 11.6 Å². The van der Waals surface area contributed by atoms with Crippen molar-refractivity contribution in [2.24, 2.45) is 4.99 Å². The number of hydrogen-bond donors (Lipinski definition) is 0. The van der Waals surface area contributed by atoms with Gasteiger partial charge in [-0.05, 0) is 102 Å². The number of nitrogens with zero attached hydrogens (tertiary/aromatic N) is 2. The summed E-state index contributed by atoms with van der Waals surface area (Å²) in [5, 5.41) is 0. The van der Waals surface area contributed by atoms with E-state index in [1.807, 2.05) is 59.2 Å². The average molecular weight is 579 g/mol. The van der Waals surface area contributed by atoms with Crippen molar-refractivity contribution in [3.63, 3.8) is 0 Å². The molecule has 7 heteroatoms. The summed E-state index contributed by atoms with van der Waals surface area (Å²) in [6.45, 7) is 0. The predicted molar refractivity (Wildman–Crippen MR) is 168 cm³/mol. The Morgan fingerprint density at radius 2 is 1.29 bits per heavy atom. The van der Waals surface area contributed by atoms with Crippen molar-refractivity contribution in [2.75, 3.05) is 21.3 Å². The van der Waals surface area contributed by atoms with Crippen molar-refractivity contribution in [2.45, 2.75) is 38.1 Å². The fraction of sp³-hybridized carbons (Fsp3) is 0.257. The molecule has 3 aromatic carbocycles. The summed E-state index contributed by atoms with van der Waals surface area (Å²) in [7, 11) is 5.00. The summed E-state index contributed by atoms with van der Waals surface area (Å²) in [4.78, 5) is 20.1. The van der Waals surface area contributed by atoms with Gasteiger partial charge in [-0.25, -0.2) is 4.99 Å². The SMILES string of the molecule is COc1ccc(/C=C2\CCCCCC3=C2N=c2s/c(=C/c4ccc(OC)cc4)c(=O)n2[C@H]3c2ccc(OC)cc2)cc1. The zero-order valence-electron chi connectivity index (χ0n) is 24.1. The molecular formula is C35H34N2O4S. The van der Waals surface area contributed by atoms with Gasteiger partial charge in [-0.2, -0.15) is 0 Å². The van der Waals surface area contributed by atoms with Crippen LogP contribution in [0.3, 0.4) is 0 Å². The molecule has 1 aliphatic heterocycles. The maximum atomic E-state index is 14.1. The highest BCUT2D eigenvalue weighted by molar-refractivity contribution is 7.07. The molecule has 6 nitrogen and oxygen atoms in total. The molecule has 0 amide bonds. The summed E-state index contributed by atoms with van der Waals surface area (Å²) >= 11 is 1.45. The molecule has 0 radical (unpaired) electrons. The second kappa shape index (κ2) is 12.2. The van der Waals surface area contributed by atoms with Gasteiger partial charge in [0.2, 0.25) is 0 Å². The predicted octanol–water partition coefficient (Wildman–Crippen LogP) is 6.29. The Morgan fingerprint density at radius 1 is 0.738 bits per heavy atom. The average Bonchev–Trinajstić information content (AvgIpc) is 3.33. The highest BCUT2D eigenvalue weighted by Crippen LogP contribution is 2.39. The highest BCUT2D eigenvalue weighted by atomic mass is 32.1. The van der Waals surface area contributed by atoms with Crippen LogP contribution in [0.5, 0.6) is 17.2 Å². The minimum atomic E-state index is -0.238. The van der Waals surface area contributed by atoms with E-state index in [1.54, 1.807) is 21.3 Å². The minimum absolute atomic E-state index is 0.0234. The number of benzene rings is 3. The van der Waals surface area contributed by atoms with Gasteiger partial charge in [0.05, 0.1) is 37.6 Å². The van der Waals surface area contributed by atoms with Gasteiger partial charge in [0.1, 0.15) is 17.2 Å². The molecule has 0 N–H and O–H groups in total. The maximum Gasteiger partial charge on any atom is 0.271 e. The highest BCUT2D eigenvalue weighted by Gasteiger charge is 2.31. The lowest BCUT2D eigenvalue weighted by Crippen LogP contribution is -2.38. The molecule has 0 saturated carbocycles. The fourth-order valence-corrected chi connectivity index (χ4v) is 6.74. The third kappa shape index (κ3) is 5.57. The minimum Gasteiger partial charge on any atom is -0.497 e. The molecule has 0 fully saturated rings. The first kappa shape index (κ1) is 27.8. The Hall–Kier alpha value is -4.36. The molecule has 214 valence electrons. The van der Waals surface area contributed by atoms with Crippen LogP contribution >= 0.6 is 11.3 Å². The molecule has 0 spiro atoms. The first-order valence-electron chi connectivity index (χ1n) is 14.3. The van der Waals surface area contributed by atoms with E-state index in [1.165, 1.54) is 22.5 Å². The van der Waals surface area contributed by atoms with Crippen LogP contribution in [0.2, 0.25) is 0 Å². The molecule has 1 atom stereocenters. The van der Waals surface area contributed by atoms with Gasteiger partial charge < -0.3 is 14.2 Å². The second-order valence-corrected chi connectivity index (χ2v) is 11.5. The Balaban J connectivity index is 1.56. The van der Waals surface area contributed by atoms with E-state index in [0.717, 1.165) is 76.5 Å². The number of methoxy groups -OCH3 is 3. The fourth-order valence-electron chi connectivity index (χ4n) is 5.73. The topological polar surface area (TPSA) is 62.0 Å². The molecular weight excluding hydrogens is 544 g/mol. The van der Waals surface area contributed by atoms with Crippen molar-refractivity contribution in [1.82, 2.24) is 4.57 Å². The molecule has 0 saturated heterocycles. The van der Waals surface area contributed by atoms with Gasteiger partial charge in [-0.1, -0.05) is 54.2 Å². The Kier molecular flexibility index (Phi) is 8.11. The molecule has 2 aliphatic rings. The second-order valence-electron chi connectivity index (χ2n) is 10.5. The van der Waals surface area contributed by atoms with E-state index in [9.17, 15) is 4.79 Å². The van der Waals surface area contributed by atoms with Crippen LogP contribution in [-0.2, 0) is 0 Å². The molecule has 1 aliphatic carbocycles. The molecule has 2 heterocycles. The van der Waals surface area contributed by atoms with Crippen molar-refractivity contribution >= 4 is 23.5 Å². The molecule has 4 aromatic rings. The summed E-state index contributed by atoms with van der Waals surface area (Å²) in [6, 6.07) is 23.7. The van der Waals surface area contributed by atoms with Crippen LogP contribution in [0.25, 0.3) is 12.2 Å². The van der Waals surface area contributed by atoms with Crippen molar-refractivity contribution in [3.05, 3.63) is 126 Å². The van der Waals surface area contributed by atoms with Gasteiger partial charge in [-0.3, -0.25) is 9.36 Å². The largest absolute Gasteiger partial charge is 0.497 e. The first-order valence-corrected chi connectivity index (χ1v) is 15.1. The summed E-state index contributed by atoms with van der Waals surface area (Å²) in [6.07, 6.45) is 9.32. The Bertz CT molecular complexity index is 1810. The lowest BCUT2D eigenvalue weighted by molar-refractivity contribution is 0.414. The van der Waals surface area contributed by atoms with Gasteiger partial charge in [0.25, 0.3) is 5.56 Å². The first-order chi connectivity index (χ1) is 20.6. The zero-order valence-corrected chi connectivity index (χ0v) is 24.9. The third-order valence-corrected chi connectivity index (χ3v) is 8.92. The maximum absolute atomic E-state index is 14.1. The molecule has 6 rings (SSSR count). The number of allylic oxidation sites excluding steroid dienone is 2. The summed E-state index contributed by atoms with van der Waals surface area (Å²) in [5.74, 6) is 2.40. The quantitative estimate of drug-likeness (QED) is 0.270. The van der Waals surface area contributed by atoms with E-state index in [4.69, 9.17) is 19.2 Å². The number of aromatic nitrogens is 1. The lowest BCUT2D eigenvalue weighted by atomic mass is 9.85. The van der Waals surface area contributed by atoms with Crippen LogP contribution < -0.4 is 29.1 Å². The Morgan fingerprint density at radius 3 is 1.88 bits per heavy atom. The standard InChI is InChI=1S/C35H34N2O4S/c1-39-27-15-9-23(10-16-27)21-26-7-5-4-6-8-30-32(26)36-35-37(33(30)25-13-19-29(41-3)20-14-25)34(38)31(42-35)22-24-11-17-28(40-2)18-12-24/h9-22,33H,4-8H2,1-3H3/b26-21+,31-22+/t33-/m0/s1. The van der Waals surface area contributed by atoms with Gasteiger partial charge in [-0.15, -0.1) is 0 Å². The molecule has 0 unspecified atom stereocenters. The normalized spacial score (nSPS) is 18.0. The summed E-state index contributed by atoms with van der Waals surface area (Å²) < 4.78 is 18.7. The Labute approximate surface area is 249 Å². The van der Waals surface area contributed by atoms with Gasteiger partial charge >= 0.3 is 0 Å². The number of thiazole rings is 1. The van der Waals surface area contributed by atoms with Crippen molar-refractivity contribution in [3.8, 4) is 17.2 Å². The van der Waals surface area contributed by atoms with Crippen molar-refractivity contribution < 1.29 is 14.2 Å². The third-order valence-electron chi connectivity index (χ3n) is 7.93. The van der Waals surface area contributed by atoms with Crippen LogP contribution in [0.4, 0.5) is 0 Å². The molecule has 1 aromatic heterocycles. The van der Waals surface area contributed by atoms with Crippen LogP contribution in [0.15, 0.2) is 99.4 Å². The zero-order chi connectivity index (χ0) is 29.1. The van der Waals surface area contributed by atoms with E-state index < -0.39 is 0 Å². The monoisotopic (exact) mass is 578 g/mol. The smallest absolute Gasteiger partial charge is 0.271 e. The van der Waals surface area contributed by atoms with E-state index in [0.29, 0.717) is 4.53 Å². The molecule has 42 heavy (non-hydrogen) atoms. The van der Waals surface area contributed by atoms with Crippen LogP contribution in [0, 0.1) is 0 Å². The lowest BCUT2D eigenvalue weighted by Gasteiger charge is -2.29. The number of rotatable bonds is 6. The van der Waals surface area contributed by atoms with Gasteiger partial charge in [0.15, 0.2) is 4.80 Å². The van der Waals surface area contributed by atoms with E-state index >= 15 is 0 Å². The molecule has 0 bridgehead atoms. The number of hydrogen-bond acceptors (Lipinski definition) is 6. The van der Waals surface area contributed by atoms with E-state index in [2.05, 4.69) is 30.3 Å². The van der Waals surface area contributed by atoms with Crippen LogP contribution in [0.1, 0.15) is 54.8 Å². The van der Waals surface area contributed by atoms with Crippen molar-refractivity contribution in [1.29, 1.82) is 0 Å². The number of fused-ring (bicyclic) bond motifs is 1. The van der Waals surface area contributed by atoms with Crippen LogP contribution in [-0.4, -0.2) is 25.9 Å².